The third kappa shape index (κ3) is 3.90. The summed E-state index contributed by atoms with van der Waals surface area (Å²) in [5.41, 5.74) is 0.440. The van der Waals surface area contributed by atoms with E-state index >= 15 is 0 Å². The summed E-state index contributed by atoms with van der Waals surface area (Å²) < 4.78 is 32.5. The molecule has 1 rings (SSSR count). The van der Waals surface area contributed by atoms with Crippen LogP contribution in [-0.2, 0) is 10.2 Å². The summed E-state index contributed by atoms with van der Waals surface area (Å²) in [6.07, 6.45) is -0.0139. The average molecular weight is 258 g/mol. The Bertz CT molecular complexity index is 469. The predicted octanol–water partition coefficient (Wildman–Crippen LogP) is 1.69. The molecule has 0 aliphatic rings. The molecule has 1 aromatic rings. The van der Waals surface area contributed by atoms with E-state index in [-0.39, 0.29) is 6.10 Å². The van der Waals surface area contributed by atoms with E-state index in [1.54, 1.807) is 24.3 Å². The Morgan fingerprint density at radius 3 is 2.35 bits per heavy atom. The fourth-order valence-corrected chi connectivity index (χ4v) is 1.77. The SMILES string of the molecule is CC(C)Oc1ccccc1NS(=O)(=O)N(C)C. The average Bonchev–Trinajstić information content (AvgIpc) is 2.19. The van der Waals surface area contributed by atoms with Crippen LogP contribution in [0.3, 0.4) is 0 Å². The highest BCUT2D eigenvalue weighted by atomic mass is 32.2. The largest absolute Gasteiger partial charge is 0.489 e. The molecule has 17 heavy (non-hydrogen) atoms. The molecule has 0 spiro atoms. The van der Waals surface area contributed by atoms with E-state index < -0.39 is 10.2 Å². The van der Waals surface area contributed by atoms with Gasteiger partial charge in [0.1, 0.15) is 5.75 Å². The predicted molar refractivity (Wildman–Crippen MR) is 68.4 cm³/mol. The van der Waals surface area contributed by atoms with Crippen molar-refractivity contribution >= 4 is 15.9 Å². The summed E-state index contributed by atoms with van der Waals surface area (Å²) >= 11 is 0. The van der Waals surface area contributed by atoms with Crippen molar-refractivity contribution in [3.05, 3.63) is 24.3 Å². The summed E-state index contributed by atoms with van der Waals surface area (Å²) in [7, 11) is -0.573. The molecule has 0 fully saturated rings. The van der Waals surface area contributed by atoms with Crippen molar-refractivity contribution in [3.63, 3.8) is 0 Å². The molecule has 0 bridgehead atoms. The first-order valence-corrected chi connectivity index (χ1v) is 6.73. The number of hydrogen-bond donors (Lipinski definition) is 1. The second kappa shape index (κ2) is 5.37. The van der Waals surface area contributed by atoms with Gasteiger partial charge >= 0.3 is 10.2 Å². The lowest BCUT2D eigenvalue weighted by Crippen LogP contribution is -2.29. The zero-order chi connectivity index (χ0) is 13.1. The molecule has 6 heteroatoms. The fourth-order valence-electron chi connectivity index (χ4n) is 1.14. The van der Waals surface area contributed by atoms with Crippen molar-refractivity contribution in [1.82, 2.24) is 4.31 Å². The second-order valence-electron chi connectivity index (χ2n) is 4.05. The molecule has 0 amide bonds. The van der Waals surface area contributed by atoms with Gasteiger partial charge in [-0.2, -0.15) is 12.7 Å². The lowest BCUT2D eigenvalue weighted by atomic mass is 10.3. The minimum absolute atomic E-state index is 0.0139. The maximum Gasteiger partial charge on any atom is 0.301 e. The van der Waals surface area contributed by atoms with Crippen molar-refractivity contribution in [2.45, 2.75) is 20.0 Å². The highest BCUT2D eigenvalue weighted by Crippen LogP contribution is 2.26. The van der Waals surface area contributed by atoms with E-state index in [0.29, 0.717) is 11.4 Å². The molecule has 0 unspecified atom stereocenters. The lowest BCUT2D eigenvalue weighted by Gasteiger charge is -2.17. The van der Waals surface area contributed by atoms with Gasteiger partial charge in [0.25, 0.3) is 0 Å². The van der Waals surface area contributed by atoms with Gasteiger partial charge in [0.2, 0.25) is 0 Å². The Kier molecular flexibility index (Phi) is 4.36. The van der Waals surface area contributed by atoms with Gasteiger partial charge in [-0.25, -0.2) is 0 Å². The molecule has 1 aromatic carbocycles. The first-order valence-electron chi connectivity index (χ1n) is 5.29. The van der Waals surface area contributed by atoms with Crippen LogP contribution in [0.5, 0.6) is 5.75 Å². The third-order valence-corrected chi connectivity index (χ3v) is 3.41. The summed E-state index contributed by atoms with van der Waals surface area (Å²) in [5, 5.41) is 0. The Balaban J connectivity index is 2.99. The van der Waals surface area contributed by atoms with E-state index in [0.717, 1.165) is 4.31 Å². The molecule has 0 saturated carbocycles. The van der Waals surface area contributed by atoms with Gasteiger partial charge < -0.3 is 4.74 Å². The smallest absolute Gasteiger partial charge is 0.301 e. The molecular formula is C11H18N2O3S. The maximum atomic E-state index is 11.7. The Morgan fingerprint density at radius 1 is 1.24 bits per heavy atom. The zero-order valence-corrected chi connectivity index (χ0v) is 11.3. The molecule has 0 radical (unpaired) electrons. The molecular weight excluding hydrogens is 240 g/mol. The first kappa shape index (κ1) is 13.8. The van der Waals surface area contributed by atoms with Crippen molar-refractivity contribution < 1.29 is 13.2 Å². The highest BCUT2D eigenvalue weighted by Gasteiger charge is 2.15. The summed E-state index contributed by atoms with van der Waals surface area (Å²) in [5.74, 6) is 0.521. The van der Waals surface area contributed by atoms with Gasteiger partial charge in [-0.05, 0) is 26.0 Å². The molecule has 96 valence electrons. The molecule has 1 N–H and O–H groups in total. The number of anilines is 1. The van der Waals surface area contributed by atoms with Gasteiger partial charge in [0.15, 0.2) is 0 Å². The highest BCUT2D eigenvalue weighted by molar-refractivity contribution is 7.90. The number of rotatable bonds is 5. The Morgan fingerprint density at radius 2 is 1.82 bits per heavy atom. The number of ether oxygens (including phenoxy) is 1. The molecule has 0 saturated heterocycles. The number of benzene rings is 1. The van der Waals surface area contributed by atoms with Crippen LogP contribution in [-0.4, -0.2) is 32.9 Å². The van der Waals surface area contributed by atoms with Gasteiger partial charge in [-0.1, -0.05) is 12.1 Å². The van der Waals surface area contributed by atoms with E-state index in [4.69, 9.17) is 4.74 Å². The maximum absolute atomic E-state index is 11.7. The summed E-state index contributed by atoms with van der Waals surface area (Å²) in [6.45, 7) is 3.77. The number of para-hydroxylation sites is 2. The van der Waals surface area contributed by atoms with Crippen LogP contribution in [0.2, 0.25) is 0 Å². The van der Waals surface area contributed by atoms with E-state index in [2.05, 4.69) is 4.72 Å². The summed E-state index contributed by atoms with van der Waals surface area (Å²) in [4.78, 5) is 0. The van der Waals surface area contributed by atoms with E-state index in [1.165, 1.54) is 14.1 Å². The minimum atomic E-state index is -3.51. The van der Waals surface area contributed by atoms with Crippen molar-refractivity contribution in [1.29, 1.82) is 0 Å². The Hall–Kier alpha value is -1.27. The van der Waals surface area contributed by atoms with Crippen LogP contribution < -0.4 is 9.46 Å². The van der Waals surface area contributed by atoms with Gasteiger partial charge in [-0.3, -0.25) is 4.72 Å². The quantitative estimate of drug-likeness (QED) is 0.874. The Labute approximate surface area is 103 Å². The van der Waals surface area contributed by atoms with Gasteiger partial charge in [0.05, 0.1) is 11.8 Å². The lowest BCUT2D eigenvalue weighted by molar-refractivity contribution is 0.244. The zero-order valence-electron chi connectivity index (χ0n) is 10.5. The molecule has 0 aliphatic carbocycles. The van der Waals surface area contributed by atoms with Crippen molar-refractivity contribution in [2.24, 2.45) is 0 Å². The van der Waals surface area contributed by atoms with Gasteiger partial charge in [0, 0.05) is 14.1 Å². The third-order valence-electron chi connectivity index (χ3n) is 1.97. The topological polar surface area (TPSA) is 58.6 Å². The van der Waals surface area contributed by atoms with Crippen molar-refractivity contribution in [3.8, 4) is 5.75 Å². The molecule has 5 nitrogen and oxygen atoms in total. The van der Waals surface area contributed by atoms with Crippen molar-refractivity contribution in [2.75, 3.05) is 18.8 Å². The molecule has 0 aliphatic heterocycles. The first-order chi connectivity index (χ1) is 7.83. The summed E-state index contributed by atoms with van der Waals surface area (Å²) in [6, 6.07) is 6.94. The van der Waals surface area contributed by atoms with Crippen LogP contribution in [0.25, 0.3) is 0 Å². The standard InChI is InChI=1S/C11H18N2O3S/c1-9(2)16-11-8-6-5-7-10(11)12-17(14,15)13(3)4/h5-9,12H,1-4H3. The number of hydrogen-bond acceptors (Lipinski definition) is 3. The van der Waals surface area contributed by atoms with Crippen LogP contribution in [0.15, 0.2) is 24.3 Å². The molecule has 0 aromatic heterocycles. The normalized spacial score (nSPS) is 11.9. The van der Waals surface area contributed by atoms with Crippen LogP contribution in [0.4, 0.5) is 5.69 Å². The fraction of sp³-hybridized carbons (Fsp3) is 0.455. The van der Waals surface area contributed by atoms with Crippen LogP contribution in [0.1, 0.15) is 13.8 Å². The van der Waals surface area contributed by atoms with E-state index in [9.17, 15) is 8.42 Å². The van der Waals surface area contributed by atoms with Crippen LogP contribution >= 0.6 is 0 Å². The number of nitrogens with zero attached hydrogens (tertiary/aromatic N) is 1. The van der Waals surface area contributed by atoms with E-state index in [1.807, 2.05) is 13.8 Å². The van der Waals surface area contributed by atoms with Gasteiger partial charge in [-0.15, -0.1) is 0 Å². The molecule has 0 heterocycles. The molecule has 0 atom stereocenters. The minimum Gasteiger partial charge on any atom is -0.489 e. The van der Waals surface area contributed by atoms with Crippen LogP contribution in [0, 0.1) is 0 Å². The second-order valence-corrected chi connectivity index (χ2v) is 5.94. The number of nitrogens with one attached hydrogen (secondary N) is 1. The monoisotopic (exact) mass is 258 g/mol.